The second kappa shape index (κ2) is 5.90. The Morgan fingerprint density at radius 1 is 1.09 bits per heavy atom. The molecule has 0 aliphatic heterocycles. The van der Waals surface area contributed by atoms with Crippen LogP contribution >= 0.6 is 0 Å². The molecule has 0 aliphatic rings. The molecule has 22 heavy (non-hydrogen) atoms. The third-order valence-electron chi connectivity index (χ3n) is 3.47. The monoisotopic (exact) mass is 318 g/mol. The standard InChI is InChI=1S/C16H15FN2O2S/c17-13-6-7-15-12(11-18-16(15)10-13)8-9-19-22(20,21)14-4-2-1-3-5-14/h1-7,10-11,18-19H,8-9H2. The van der Waals surface area contributed by atoms with Crippen molar-refractivity contribution in [1.29, 1.82) is 0 Å². The first kappa shape index (κ1) is 14.7. The second-order valence-electron chi connectivity index (χ2n) is 4.96. The lowest BCUT2D eigenvalue weighted by molar-refractivity contribution is 0.581. The van der Waals surface area contributed by atoms with Gasteiger partial charge in [0.2, 0.25) is 10.0 Å². The molecule has 0 aliphatic carbocycles. The SMILES string of the molecule is O=S(=O)(NCCc1c[nH]c2cc(F)ccc12)c1ccccc1. The number of rotatable bonds is 5. The first-order valence-corrected chi connectivity index (χ1v) is 8.35. The molecule has 4 nitrogen and oxygen atoms in total. The molecule has 0 fully saturated rings. The van der Waals surface area contributed by atoms with Crippen molar-refractivity contribution < 1.29 is 12.8 Å². The Balaban J connectivity index is 1.70. The number of nitrogens with one attached hydrogen (secondary N) is 2. The van der Waals surface area contributed by atoms with Gasteiger partial charge in [0, 0.05) is 23.6 Å². The predicted molar refractivity (Wildman–Crippen MR) is 83.6 cm³/mol. The summed E-state index contributed by atoms with van der Waals surface area (Å²) >= 11 is 0. The van der Waals surface area contributed by atoms with Crippen LogP contribution in [0.3, 0.4) is 0 Å². The van der Waals surface area contributed by atoms with E-state index in [1.54, 1.807) is 42.6 Å². The van der Waals surface area contributed by atoms with Gasteiger partial charge in [-0.2, -0.15) is 0 Å². The second-order valence-corrected chi connectivity index (χ2v) is 6.73. The van der Waals surface area contributed by atoms with Crippen LogP contribution in [0.25, 0.3) is 10.9 Å². The van der Waals surface area contributed by atoms with Crippen LogP contribution in [0.15, 0.2) is 59.6 Å². The van der Waals surface area contributed by atoms with Crippen LogP contribution in [0, 0.1) is 5.82 Å². The van der Waals surface area contributed by atoms with Crippen LogP contribution < -0.4 is 4.72 Å². The average molecular weight is 318 g/mol. The van der Waals surface area contributed by atoms with Gasteiger partial charge in [0.25, 0.3) is 0 Å². The molecule has 0 unspecified atom stereocenters. The average Bonchev–Trinajstić information content (AvgIpc) is 2.90. The van der Waals surface area contributed by atoms with Gasteiger partial charge in [-0.1, -0.05) is 18.2 Å². The Labute approximate surface area is 128 Å². The van der Waals surface area contributed by atoms with Crippen molar-refractivity contribution in [3.63, 3.8) is 0 Å². The van der Waals surface area contributed by atoms with E-state index in [0.717, 1.165) is 10.9 Å². The summed E-state index contributed by atoms with van der Waals surface area (Å²) in [5, 5.41) is 0.903. The lowest BCUT2D eigenvalue weighted by Crippen LogP contribution is -2.25. The van der Waals surface area contributed by atoms with Crippen molar-refractivity contribution in [2.24, 2.45) is 0 Å². The highest BCUT2D eigenvalue weighted by molar-refractivity contribution is 7.89. The Morgan fingerprint density at radius 2 is 1.86 bits per heavy atom. The van der Waals surface area contributed by atoms with Crippen LogP contribution in [0.5, 0.6) is 0 Å². The third-order valence-corrected chi connectivity index (χ3v) is 4.95. The summed E-state index contributed by atoms with van der Waals surface area (Å²) in [5.41, 5.74) is 1.66. The third kappa shape index (κ3) is 3.03. The fourth-order valence-electron chi connectivity index (χ4n) is 2.37. The fraction of sp³-hybridized carbons (Fsp3) is 0.125. The van der Waals surface area contributed by atoms with Gasteiger partial charge in [0.05, 0.1) is 4.90 Å². The lowest BCUT2D eigenvalue weighted by atomic mass is 10.1. The van der Waals surface area contributed by atoms with Gasteiger partial charge in [-0.15, -0.1) is 0 Å². The summed E-state index contributed by atoms with van der Waals surface area (Å²) < 4.78 is 39.9. The molecular weight excluding hydrogens is 303 g/mol. The van der Waals surface area contributed by atoms with Crippen molar-refractivity contribution in [3.8, 4) is 0 Å². The molecule has 2 N–H and O–H groups in total. The first-order chi connectivity index (χ1) is 10.6. The number of hydrogen-bond acceptors (Lipinski definition) is 2. The number of H-pyrrole nitrogens is 1. The molecule has 0 atom stereocenters. The minimum Gasteiger partial charge on any atom is -0.361 e. The zero-order valence-corrected chi connectivity index (χ0v) is 12.5. The number of aromatic nitrogens is 1. The topological polar surface area (TPSA) is 62.0 Å². The van der Waals surface area contributed by atoms with Crippen LogP contribution in [0.4, 0.5) is 4.39 Å². The number of sulfonamides is 1. The van der Waals surface area contributed by atoms with E-state index in [4.69, 9.17) is 0 Å². The molecule has 6 heteroatoms. The molecule has 0 spiro atoms. The number of aromatic amines is 1. The van der Waals surface area contributed by atoms with Crippen molar-refractivity contribution in [3.05, 3.63) is 66.1 Å². The largest absolute Gasteiger partial charge is 0.361 e. The minimum atomic E-state index is -3.49. The van der Waals surface area contributed by atoms with Crippen LogP contribution in [0.2, 0.25) is 0 Å². The van der Waals surface area contributed by atoms with E-state index in [-0.39, 0.29) is 17.3 Å². The van der Waals surface area contributed by atoms with Gasteiger partial charge in [-0.3, -0.25) is 0 Å². The normalized spacial score (nSPS) is 11.9. The summed E-state index contributed by atoms with van der Waals surface area (Å²) in [4.78, 5) is 3.24. The molecule has 0 amide bonds. The zero-order valence-electron chi connectivity index (χ0n) is 11.7. The summed E-state index contributed by atoms with van der Waals surface area (Å²) in [6.45, 7) is 0.279. The summed E-state index contributed by atoms with van der Waals surface area (Å²) in [7, 11) is -3.49. The van der Waals surface area contributed by atoms with E-state index in [1.165, 1.54) is 12.1 Å². The van der Waals surface area contributed by atoms with E-state index in [0.29, 0.717) is 11.9 Å². The Bertz CT molecular complexity index is 889. The van der Waals surface area contributed by atoms with Gasteiger partial charge in [-0.25, -0.2) is 17.5 Å². The molecule has 0 saturated heterocycles. The van der Waals surface area contributed by atoms with Gasteiger partial charge in [0.1, 0.15) is 5.82 Å². The number of halogens is 1. The predicted octanol–water partition coefficient (Wildman–Crippen LogP) is 2.83. The Hall–Kier alpha value is -2.18. The van der Waals surface area contributed by atoms with E-state index in [9.17, 15) is 12.8 Å². The molecule has 3 rings (SSSR count). The van der Waals surface area contributed by atoms with Crippen molar-refractivity contribution in [2.75, 3.05) is 6.54 Å². The molecule has 1 aromatic heterocycles. The molecular formula is C16H15FN2O2S. The molecule has 0 saturated carbocycles. The first-order valence-electron chi connectivity index (χ1n) is 6.86. The summed E-state index contributed by atoms with van der Waals surface area (Å²) in [5.74, 6) is -0.300. The van der Waals surface area contributed by atoms with E-state index in [2.05, 4.69) is 9.71 Å². The maximum Gasteiger partial charge on any atom is 0.240 e. The number of benzene rings is 2. The fourth-order valence-corrected chi connectivity index (χ4v) is 3.42. The quantitative estimate of drug-likeness (QED) is 0.760. The van der Waals surface area contributed by atoms with Gasteiger partial charge < -0.3 is 4.98 Å². The van der Waals surface area contributed by atoms with Crippen LogP contribution in [-0.4, -0.2) is 19.9 Å². The molecule has 0 radical (unpaired) electrons. The Kier molecular flexibility index (Phi) is 3.96. The smallest absolute Gasteiger partial charge is 0.240 e. The number of fused-ring (bicyclic) bond motifs is 1. The highest BCUT2D eigenvalue weighted by Gasteiger charge is 2.13. The molecule has 3 aromatic rings. The maximum absolute atomic E-state index is 13.1. The van der Waals surface area contributed by atoms with Crippen molar-refractivity contribution >= 4 is 20.9 Å². The Morgan fingerprint density at radius 3 is 2.64 bits per heavy atom. The highest BCUT2D eigenvalue weighted by atomic mass is 32.2. The molecule has 1 heterocycles. The van der Waals surface area contributed by atoms with Crippen molar-refractivity contribution in [1.82, 2.24) is 9.71 Å². The van der Waals surface area contributed by atoms with Gasteiger partial charge in [-0.05, 0) is 42.3 Å². The summed E-state index contributed by atoms with van der Waals surface area (Å²) in [6.07, 6.45) is 2.30. The summed E-state index contributed by atoms with van der Waals surface area (Å²) in [6, 6.07) is 12.8. The van der Waals surface area contributed by atoms with E-state index < -0.39 is 10.0 Å². The minimum absolute atomic E-state index is 0.246. The van der Waals surface area contributed by atoms with Gasteiger partial charge >= 0.3 is 0 Å². The molecule has 0 bridgehead atoms. The van der Waals surface area contributed by atoms with Crippen LogP contribution in [-0.2, 0) is 16.4 Å². The van der Waals surface area contributed by atoms with Gasteiger partial charge in [0.15, 0.2) is 0 Å². The number of hydrogen-bond donors (Lipinski definition) is 2. The molecule has 114 valence electrons. The zero-order chi connectivity index (χ0) is 15.6. The highest BCUT2D eigenvalue weighted by Crippen LogP contribution is 2.19. The van der Waals surface area contributed by atoms with Crippen molar-refractivity contribution in [2.45, 2.75) is 11.3 Å². The maximum atomic E-state index is 13.1. The lowest BCUT2D eigenvalue weighted by Gasteiger charge is -2.06. The van der Waals surface area contributed by atoms with Crippen LogP contribution in [0.1, 0.15) is 5.56 Å². The van der Waals surface area contributed by atoms with E-state index in [1.807, 2.05) is 0 Å². The molecule has 2 aromatic carbocycles. The van der Waals surface area contributed by atoms with E-state index >= 15 is 0 Å².